The molecule has 0 heterocycles. The van der Waals surface area contributed by atoms with Crippen molar-refractivity contribution in [2.24, 2.45) is 5.10 Å². The monoisotopic (exact) mass is 290 g/mol. The van der Waals surface area contributed by atoms with Crippen LogP contribution < -0.4 is 5.43 Å². The van der Waals surface area contributed by atoms with E-state index in [1.54, 1.807) is 18.3 Å². The van der Waals surface area contributed by atoms with Crippen molar-refractivity contribution in [2.75, 3.05) is 0 Å². The van der Waals surface area contributed by atoms with Gasteiger partial charge in [0.15, 0.2) is 0 Å². The van der Waals surface area contributed by atoms with E-state index in [-0.39, 0.29) is 11.3 Å². The second-order valence-electron chi connectivity index (χ2n) is 4.78. The number of hydrogen-bond acceptors (Lipinski definition) is 3. The number of phenolic OH excluding ortho intramolecular Hbond substituents is 1. The largest absolute Gasteiger partial charge is 0.507 e. The van der Waals surface area contributed by atoms with E-state index in [0.717, 1.165) is 16.3 Å². The third kappa shape index (κ3) is 2.81. The van der Waals surface area contributed by atoms with E-state index in [1.165, 1.54) is 12.1 Å². The second kappa shape index (κ2) is 6.10. The van der Waals surface area contributed by atoms with Gasteiger partial charge in [-0.05, 0) is 22.9 Å². The summed E-state index contributed by atoms with van der Waals surface area (Å²) in [6.07, 6.45) is 1.60. The summed E-state index contributed by atoms with van der Waals surface area (Å²) < 4.78 is 0. The Morgan fingerprint density at radius 2 is 1.68 bits per heavy atom. The molecule has 22 heavy (non-hydrogen) atoms. The van der Waals surface area contributed by atoms with Crippen molar-refractivity contribution in [1.29, 1.82) is 0 Å². The fourth-order valence-electron chi connectivity index (χ4n) is 2.25. The number of aromatic hydroxyl groups is 1. The summed E-state index contributed by atoms with van der Waals surface area (Å²) in [6, 6.07) is 20.2. The molecule has 0 bridgehead atoms. The zero-order valence-electron chi connectivity index (χ0n) is 11.7. The number of rotatable bonds is 3. The fourth-order valence-corrected chi connectivity index (χ4v) is 2.25. The molecule has 0 aromatic heterocycles. The summed E-state index contributed by atoms with van der Waals surface area (Å²) in [5.41, 5.74) is 3.53. The lowest BCUT2D eigenvalue weighted by Gasteiger charge is -2.03. The molecule has 0 fully saturated rings. The van der Waals surface area contributed by atoms with Crippen molar-refractivity contribution >= 4 is 22.9 Å². The van der Waals surface area contributed by atoms with Crippen LogP contribution in [0.15, 0.2) is 71.8 Å². The SMILES string of the molecule is O=C(N/N=C\c1cccc2ccccc12)c1ccccc1O. The highest BCUT2D eigenvalue weighted by atomic mass is 16.3. The van der Waals surface area contributed by atoms with Crippen molar-refractivity contribution in [2.45, 2.75) is 0 Å². The normalized spacial score (nSPS) is 10.9. The van der Waals surface area contributed by atoms with Crippen LogP contribution in [0.1, 0.15) is 15.9 Å². The summed E-state index contributed by atoms with van der Waals surface area (Å²) in [6.45, 7) is 0. The van der Waals surface area contributed by atoms with E-state index in [1.807, 2.05) is 42.5 Å². The highest BCUT2D eigenvalue weighted by Crippen LogP contribution is 2.17. The molecule has 0 atom stereocenters. The first-order chi connectivity index (χ1) is 10.8. The predicted octanol–water partition coefficient (Wildman–Crippen LogP) is 3.31. The molecular formula is C18H14N2O2. The highest BCUT2D eigenvalue weighted by Gasteiger charge is 2.08. The second-order valence-corrected chi connectivity index (χ2v) is 4.78. The molecule has 1 amide bonds. The van der Waals surface area contributed by atoms with Crippen molar-refractivity contribution in [3.63, 3.8) is 0 Å². The Morgan fingerprint density at radius 1 is 0.955 bits per heavy atom. The molecule has 3 aromatic rings. The van der Waals surface area contributed by atoms with Gasteiger partial charge in [0.2, 0.25) is 0 Å². The number of hydrogen-bond donors (Lipinski definition) is 2. The number of fused-ring (bicyclic) bond motifs is 1. The Kier molecular flexibility index (Phi) is 3.83. The lowest BCUT2D eigenvalue weighted by Crippen LogP contribution is -2.17. The van der Waals surface area contributed by atoms with Crippen molar-refractivity contribution < 1.29 is 9.90 Å². The Bertz CT molecular complexity index is 851. The Balaban J connectivity index is 1.80. The topological polar surface area (TPSA) is 61.7 Å². The van der Waals surface area contributed by atoms with E-state index < -0.39 is 5.91 Å². The van der Waals surface area contributed by atoms with Crippen LogP contribution in [-0.2, 0) is 0 Å². The summed E-state index contributed by atoms with van der Waals surface area (Å²) in [4.78, 5) is 11.9. The standard InChI is InChI=1S/C18H14N2O2/c21-17-11-4-3-10-16(17)18(22)20-19-12-14-8-5-7-13-6-1-2-9-15(13)14/h1-12,21H,(H,20,22)/b19-12-. The molecule has 0 aliphatic rings. The minimum Gasteiger partial charge on any atom is -0.507 e. The Labute approximate surface area is 127 Å². The number of carbonyl (C=O) groups excluding carboxylic acids is 1. The molecule has 0 radical (unpaired) electrons. The van der Waals surface area contributed by atoms with Gasteiger partial charge in [-0.2, -0.15) is 5.10 Å². The van der Waals surface area contributed by atoms with Gasteiger partial charge in [0.25, 0.3) is 5.91 Å². The number of hydrazone groups is 1. The van der Waals surface area contributed by atoms with Gasteiger partial charge < -0.3 is 5.11 Å². The summed E-state index contributed by atoms with van der Waals surface area (Å²) in [5, 5.41) is 15.8. The molecule has 3 rings (SSSR count). The number of nitrogens with one attached hydrogen (secondary N) is 1. The number of para-hydroxylation sites is 1. The molecule has 0 aliphatic heterocycles. The quantitative estimate of drug-likeness (QED) is 0.574. The van der Waals surface area contributed by atoms with Gasteiger partial charge in [0.1, 0.15) is 5.75 Å². The van der Waals surface area contributed by atoms with Crippen LogP contribution in [0.4, 0.5) is 0 Å². The van der Waals surface area contributed by atoms with E-state index in [9.17, 15) is 9.90 Å². The van der Waals surface area contributed by atoms with Crippen molar-refractivity contribution in [3.8, 4) is 5.75 Å². The number of amides is 1. The van der Waals surface area contributed by atoms with E-state index in [2.05, 4.69) is 10.5 Å². The lowest BCUT2D eigenvalue weighted by atomic mass is 10.1. The molecule has 4 nitrogen and oxygen atoms in total. The predicted molar refractivity (Wildman–Crippen MR) is 87.1 cm³/mol. The maximum absolute atomic E-state index is 11.9. The van der Waals surface area contributed by atoms with Gasteiger partial charge in [0.05, 0.1) is 11.8 Å². The number of benzene rings is 3. The van der Waals surface area contributed by atoms with Gasteiger partial charge in [-0.25, -0.2) is 5.43 Å². The maximum atomic E-state index is 11.9. The zero-order valence-corrected chi connectivity index (χ0v) is 11.7. The van der Waals surface area contributed by atoms with Crippen LogP contribution in [-0.4, -0.2) is 17.2 Å². The summed E-state index contributed by atoms with van der Waals surface area (Å²) in [7, 11) is 0. The van der Waals surface area contributed by atoms with Crippen LogP contribution in [0.5, 0.6) is 5.75 Å². The number of carbonyl (C=O) groups is 1. The first-order valence-corrected chi connectivity index (χ1v) is 6.85. The third-order valence-electron chi connectivity index (χ3n) is 3.34. The third-order valence-corrected chi connectivity index (χ3v) is 3.34. The van der Waals surface area contributed by atoms with E-state index >= 15 is 0 Å². The van der Waals surface area contributed by atoms with Crippen LogP contribution in [0.2, 0.25) is 0 Å². The minimum atomic E-state index is -0.449. The highest BCUT2D eigenvalue weighted by molar-refractivity contribution is 6.01. The molecule has 0 saturated heterocycles. The molecule has 108 valence electrons. The van der Waals surface area contributed by atoms with Gasteiger partial charge >= 0.3 is 0 Å². The van der Waals surface area contributed by atoms with Crippen molar-refractivity contribution in [1.82, 2.24) is 5.43 Å². The molecule has 0 spiro atoms. The molecule has 3 aromatic carbocycles. The Hall–Kier alpha value is -3.14. The van der Waals surface area contributed by atoms with Gasteiger partial charge in [-0.1, -0.05) is 54.6 Å². The van der Waals surface area contributed by atoms with Crippen LogP contribution >= 0.6 is 0 Å². The summed E-state index contributed by atoms with van der Waals surface area (Å²) >= 11 is 0. The van der Waals surface area contributed by atoms with Crippen LogP contribution in [0.25, 0.3) is 10.8 Å². The molecule has 0 saturated carbocycles. The zero-order chi connectivity index (χ0) is 15.4. The molecule has 0 unspecified atom stereocenters. The smallest absolute Gasteiger partial charge is 0.275 e. The van der Waals surface area contributed by atoms with Gasteiger partial charge in [0, 0.05) is 5.56 Å². The maximum Gasteiger partial charge on any atom is 0.275 e. The first kappa shape index (κ1) is 13.8. The lowest BCUT2D eigenvalue weighted by molar-refractivity contribution is 0.0952. The van der Waals surface area contributed by atoms with Gasteiger partial charge in [-0.3, -0.25) is 4.79 Å². The number of nitrogens with zero attached hydrogens (tertiary/aromatic N) is 1. The van der Waals surface area contributed by atoms with Crippen molar-refractivity contribution in [3.05, 3.63) is 77.9 Å². The average Bonchev–Trinajstić information content (AvgIpc) is 2.55. The van der Waals surface area contributed by atoms with E-state index in [4.69, 9.17) is 0 Å². The average molecular weight is 290 g/mol. The van der Waals surface area contributed by atoms with Gasteiger partial charge in [-0.15, -0.1) is 0 Å². The fraction of sp³-hybridized carbons (Fsp3) is 0. The Morgan fingerprint density at radius 3 is 2.55 bits per heavy atom. The molecular weight excluding hydrogens is 276 g/mol. The van der Waals surface area contributed by atoms with E-state index in [0.29, 0.717) is 0 Å². The first-order valence-electron chi connectivity index (χ1n) is 6.85. The molecule has 4 heteroatoms. The minimum absolute atomic E-state index is 0.0691. The molecule has 0 aliphatic carbocycles. The number of phenols is 1. The summed E-state index contributed by atoms with van der Waals surface area (Å²) in [5.74, 6) is -0.519. The van der Waals surface area contributed by atoms with Crippen LogP contribution in [0, 0.1) is 0 Å². The molecule has 2 N–H and O–H groups in total. The van der Waals surface area contributed by atoms with Crippen LogP contribution in [0.3, 0.4) is 0 Å².